The summed E-state index contributed by atoms with van der Waals surface area (Å²) in [6.45, 7) is -0.445. The second-order valence-corrected chi connectivity index (χ2v) is 6.58. The molecule has 1 atom stereocenters. The monoisotopic (exact) mass is 377 g/mol. The molecule has 0 aliphatic rings. The van der Waals surface area contributed by atoms with E-state index in [1.165, 1.54) is 26.4 Å². The van der Waals surface area contributed by atoms with E-state index in [1.807, 2.05) is 0 Å². The Morgan fingerprint density at radius 2 is 1.58 bits per heavy atom. The molecule has 0 aliphatic heterocycles. The van der Waals surface area contributed by atoms with Crippen molar-refractivity contribution in [2.75, 3.05) is 32.4 Å². The fraction of sp³-hybridized carbons (Fsp3) is 0.222. The van der Waals surface area contributed by atoms with Crippen LogP contribution in [0.25, 0.3) is 0 Å². The van der Waals surface area contributed by atoms with Crippen LogP contribution in [-0.2, 0) is 20.3 Å². The van der Waals surface area contributed by atoms with Gasteiger partial charge in [0.05, 0.1) is 19.8 Å². The van der Waals surface area contributed by atoms with E-state index in [-0.39, 0.29) is 5.56 Å². The second kappa shape index (κ2) is 9.00. The third kappa shape index (κ3) is 5.32. The molecule has 0 saturated carbocycles. The molecule has 1 N–H and O–H groups in total. The molecule has 138 valence electrons. The number of amides is 1. The van der Waals surface area contributed by atoms with Crippen LogP contribution in [0.3, 0.4) is 0 Å². The van der Waals surface area contributed by atoms with Gasteiger partial charge in [-0.15, -0.1) is 0 Å². The average Bonchev–Trinajstić information content (AvgIpc) is 2.65. The molecule has 0 aliphatic carbocycles. The number of benzene rings is 2. The lowest BCUT2D eigenvalue weighted by Gasteiger charge is -2.10. The second-order valence-electron chi connectivity index (χ2n) is 5.20. The maximum Gasteiger partial charge on any atom is 0.338 e. The summed E-state index contributed by atoms with van der Waals surface area (Å²) in [5.41, 5.74) is 0.729. The molecule has 2 rings (SSSR count). The fourth-order valence-electron chi connectivity index (χ4n) is 2.07. The Morgan fingerprint density at radius 1 is 1.00 bits per heavy atom. The van der Waals surface area contributed by atoms with Crippen LogP contribution in [0, 0.1) is 0 Å². The standard InChI is InChI=1S/C18H19NO6S/c1-23-14-8-13(9-15(10-14)24-2)19-17(20)11-25-18(21)12-4-6-16(7-5-12)26(3)22/h4-10H,11H2,1-3H3,(H,19,20). The minimum Gasteiger partial charge on any atom is -0.497 e. The summed E-state index contributed by atoms with van der Waals surface area (Å²) in [5, 5.41) is 2.61. The average molecular weight is 377 g/mol. The zero-order valence-corrected chi connectivity index (χ0v) is 15.4. The highest BCUT2D eigenvalue weighted by Gasteiger charge is 2.12. The maximum atomic E-state index is 12.0. The van der Waals surface area contributed by atoms with Crippen LogP contribution in [0.5, 0.6) is 11.5 Å². The number of carbonyl (C=O) groups is 2. The van der Waals surface area contributed by atoms with Crippen LogP contribution >= 0.6 is 0 Å². The van der Waals surface area contributed by atoms with Crippen LogP contribution in [-0.4, -0.2) is 43.2 Å². The zero-order valence-electron chi connectivity index (χ0n) is 14.6. The molecule has 0 spiro atoms. The van der Waals surface area contributed by atoms with Crippen LogP contribution in [0.1, 0.15) is 10.4 Å². The number of carbonyl (C=O) groups excluding carboxylic acids is 2. The Kier molecular flexibility index (Phi) is 6.74. The third-order valence-electron chi connectivity index (χ3n) is 3.39. The van der Waals surface area contributed by atoms with Gasteiger partial charge < -0.3 is 19.5 Å². The number of anilines is 1. The smallest absolute Gasteiger partial charge is 0.338 e. The first-order chi connectivity index (χ1) is 12.4. The highest BCUT2D eigenvalue weighted by atomic mass is 32.2. The van der Waals surface area contributed by atoms with E-state index in [0.717, 1.165) is 0 Å². The van der Waals surface area contributed by atoms with Crippen molar-refractivity contribution in [1.82, 2.24) is 0 Å². The number of nitrogens with one attached hydrogen (secondary N) is 1. The van der Waals surface area contributed by atoms with E-state index < -0.39 is 29.3 Å². The summed E-state index contributed by atoms with van der Waals surface area (Å²) in [4.78, 5) is 24.5. The molecule has 0 saturated heterocycles. The lowest BCUT2D eigenvalue weighted by molar-refractivity contribution is -0.119. The largest absolute Gasteiger partial charge is 0.497 e. The molecule has 1 amide bonds. The summed E-state index contributed by atoms with van der Waals surface area (Å²) in [5.74, 6) is -0.105. The summed E-state index contributed by atoms with van der Waals surface area (Å²) in [7, 11) is 1.88. The van der Waals surface area contributed by atoms with Gasteiger partial charge in [-0.3, -0.25) is 9.00 Å². The fourth-order valence-corrected chi connectivity index (χ4v) is 2.59. The molecule has 26 heavy (non-hydrogen) atoms. The van der Waals surface area contributed by atoms with Crippen LogP contribution in [0.2, 0.25) is 0 Å². The Bertz CT molecular complexity index is 797. The van der Waals surface area contributed by atoms with Gasteiger partial charge in [-0.25, -0.2) is 4.79 Å². The molecule has 0 heterocycles. The van der Waals surface area contributed by atoms with Crippen LogP contribution < -0.4 is 14.8 Å². The van der Waals surface area contributed by atoms with E-state index in [1.54, 1.807) is 36.6 Å². The van der Waals surface area contributed by atoms with Crippen LogP contribution in [0.15, 0.2) is 47.4 Å². The first-order valence-corrected chi connectivity index (χ1v) is 9.12. The molecule has 0 aromatic heterocycles. The molecule has 1 unspecified atom stereocenters. The summed E-state index contributed by atoms with van der Waals surface area (Å²) < 4.78 is 26.6. The Labute approximate surface area is 153 Å². The van der Waals surface area contributed by atoms with Crippen molar-refractivity contribution in [3.05, 3.63) is 48.0 Å². The van der Waals surface area contributed by atoms with Gasteiger partial charge in [-0.1, -0.05) is 0 Å². The predicted octanol–water partition coefficient (Wildman–Crippen LogP) is 2.24. The van der Waals surface area contributed by atoms with Gasteiger partial charge in [0.15, 0.2) is 6.61 Å². The quantitative estimate of drug-likeness (QED) is 0.744. The van der Waals surface area contributed by atoms with Crippen molar-refractivity contribution < 1.29 is 28.0 Å². The minimum absolute atomic E-state index is 0.273. The Morgan fingerprint density at radius 3 is 2.08 bits per heavy atom. The van der Waals surface area contributed by atoms with E-state index in [2.05, 4.69) is 5.32 Å². The number of ether oxygens (including phenoxy) is 3. The summed E-state index contributed by atoms with van der Waals surface area (Å²) in [6.07, 6.45) is 1.55. The van der Waals surface area contributed by atoms with Gasteiger partial charge in [0.2, 0.25) is 0 Å². The Hall–Kier alpha value is -2.87. The molecule has 0 bridgehead atoms. The third-order valence-corrected chi connectivity index (χ3v) is 4.33. The van der Waals surface area contributed by atoms with E-state index >= 15 is 0 Å². The molecule has 8 heteroatoms. The number of hydrogen-bond donors (Lipinski definition) is 1. The molecule has 2 aromatic carbocycles. The molecular formula is C18H19NO6S. The van der Waals surface area contributed by atoms with E-state index in [4.69, 9.17) is 14.2 Å². The van der Waals surface area contributed by atoms with E-state index in [0.29, 0.717) is 22.1 Å². The summed E-state index contributed by atoms with van der Waals surface area (Å²) >= 11 is 0. The topological polar surface area (TPSA) is 90.9 Å². The van der Waals surface area contributed by atoms with Crippen molar-refractivity contribution in [2.24, 2.45) is 0 Å². The lowest BCUT2D eigenvalue weighted by atomic mass is 10.2. The zero-order chi connectivity index (χ0) is 19.1. The Balaban J connectivity index is 1.94. The van der Waals surface area contributed by atoms with Gasteiger partial charge in [0, 0.05) is 45.8 Å². The van der Waals surface area contributed by atoms with Gasteiger partial charge in [-0.2, -0.15) is 0 Å². The normalized spacial score (nSPS) is 11.3. The molecule has 0 radical (unpaired) electrons. The van der Waals surface area contributed by atoms with Crippen molar-refractivity contribution in [3.63, 3.8) is 0 Å². The minimum atomic E-state index is -1.13. The van der Waals surface area contributed by atoms with Gasteiger partial charge in [0.1, 0.15) is 11.5 Å². The number of esters is 1. The van der Waals surface area contributed by atoms with E-state index in [9.17, 15) is 13.8 Å². The number of hydrogen-bond acceptors (Lipinski definition) is 6. The van der Waals surface area contributed by atoms with Crippen LogP contribution in [0.4, 0.5) is 5.69 Å². The molecule has 2 aromatic rings. The lowest BCUT2D eigenvalue weighted by Crippen LogP contribution is -2.21. The predicted molar refractivity (Wildman–Crippen MR) is 97.2 cm³/mol. The SMILES string of the molecule is COc1cc(NC(=O)COC(=O)c2ccc(S(C)=O)cc2)cc(OC)c1. The first kappa shape index (κ1) is 19.5. The molecular weight excluding hydrogens is 358 g/mol. The van der Waals surface area contributed by atoms with Crippen molar-refractivity contribution in [2.45, 2.75) is 4.90 Å². The number of methoxy groups -OCH3 is 2. The van der Waals surface area contributed by atoms with Gasteiger partial charge in [0.25, 0.3) is 5.91 Å². The van der Waals surface area contributed by atoms with Crippen molar-refractivity contribution in [3.8, 4) is 11.5 Å². The first-order valence-electron chi connectivity index (χ1n) is 7.56. The highest BCUT2D eigenvalue weighted by Crippen LogP contribution is 2.25. The highest BCUT2D eigenvalue weighted by molar-refractivity contribution is 7.84. The van der Waals surface area contributed by atoms with Crippen molar-refractivity contribution >= 4 is 28.4 Å². The molecule has 0 fully saturated rings. The summed E-state index contributed by atoms with van der Waals surface area (Å²) in [6, 6.07) is 11.1. The maximum absolute atomic E-state index is 12.0. The van der Waals surface area contributed by atoms with Gasteiger partial charge in [-0.05, 0) is 24.3 Å². The number of rotatable bonds is 7. The van der Waals surface area contributed by atoms with Gasteiger partial charge >= 0.3 is 5.97 Å². The van der Waals surface area contributed by atoms with Crippen molar-refractivity contribution in [1.29, 1.82) is 0 Å². The molecule has 7 nitrogen and oxygen atoms in total.